The molecule has 0 aromatic heterocycles. The molecule has 3 nitrogen and oxygen atoms in total. The van der Waals surface area contributed by atoms with E-state index in [1.165, 1.54) is 6.07 Å². The average molecular weight is 268 g/mol. The second-order valence-electron chi connectivity index (χ2n) is 4.50. The van der Waals surface area contributed by atoms with E-state index >= 15 is 0 Å². The zero-order valence-electron chi connectivity index (χ0n) is 12.2. The molecule has 0 aliphatic carbocycles. The summed E-state index contributed by atoms with van der Waals surface area (Å²) in [6.07, 6.45) is 1.08. The van der Waals surface area contributed by atoms with Crippen molar-refractivity contribution in [1.82, 2.24) is 5.32 Å². The van der Waals surface area contributed by atoms with Gasteiger partial charge in [0.25, 0.3) is 0 Å². The molecule has 108 valence electrons. The number of nitrogens with one attached hydrogen (secondary N) is 1. The molecule has 1 rings (SSSR count). The highest BCUT2D eigenvalue weighted by atomic mass is 19.1. The lowest BCUT2D eigenvalue weighted by atomic mass is 10.1. The molecule has 0 radical (unpaired) electrons. The van der Waals surface area contributed by atoms with Crippen molar-refractivity contribution in [3.63, 3.8) is 0 Å². The summed E-state index contributed by atoms with van der Waals surface area (Å²) in [6.45, 7) is 7.87. The minimum atomic E-state index is -0.159. The number of para-hydroxylation sites is 1. The molecule has 0 fully saturated rings. The summed E-state index contributed by atoms with van der Waals surface area (Å²) in [5.41, 5.74) is 1.71. The summed E-state index contributed by atoms with van der Waals surface area (Å²) in [7, 11) is 1.67. The van der Waals surface area contributed by atoms with Crippen LogP contribution in [0.2, 0.25) is 0 Å². The van der Waals surface area contributed by atoms with Crippen molar-refractivity contribution >= 4 is 5.69 Å². The highest BCUT2D eigenvalue weighted by molar-refractivity contribution is 5.54. The third-order valence-electron chi connectivity index (χ3n) is 3.08. The minimum absolute atomic E-state index is 0.159. The van der Waals surface area contributed by atoms with Gasteiger partial charge >= 0.3 is 0 Å². The maximum Gasteiger partial charge on any atom is 0.146 e. The van der Waals surface area contributed by atoms with Crippen LogP contribution >= 0.6 is 0 Å². The molecule has 0 atom stereocenters. The van der Waals surface area contributed by atoms with Crippen LogP contribution in [0.1, 0.15) is 25.8 Å². The molecule has 0 aliphatic rings. The summed E-state index contributed by atoms with van der Waals surface area (Å²) < 4.78 is 19.2. The fourth-order valence-electron chi connectivity index (χ4n) is 2.09. The summed E-state index contributed by atoms with van der Waals surface area (Å²) in [5, 5.41) is 3.33. The Bertz CT molecular complexity index is 371. The number of nitrogens with zero attached hydrogens (tertiary/aromatic N) is 1. The van der Waals surface area contributed by atoms with Gasteiger partial charge in [-0.25, -0.2) is 4.39 Å². The molecule has 0 saturated carbocycles. The molecule has 0 amide bonds. The van der Waals surface area contributed by atoms with Gasteiger partial charge in [-0.15, -0.1) is 0 Å². The van der Waals surface area contributed by atoms with Crippen molar-refractivity contribution in [3.8, 4) is 0 Å². The van der Waals surface area contributed by atoms with Crippen molar-refractivity contribution in [1.29, 1.82) is 0 Å². The highest BCUT2D eigenvalue weighted by Gasteiger charge is 2.14. The lowest BCUT2D eigenvalue weighted by Gasteiger charge is -2.26. The van der Waals surface area contributed by atoms with Crippen LogP contribution in [0.4, 0.5) is 10.1 Å². The Labute approximate surface area is 115 Å². The van der Waals surface area contributed by atoms with Gasteiger partial charge in [-0.2, -0.15) is 0 Å². The molecular formula is C15H25FN2O. The Kier molecular flexibility index (Phi) is 7.45. The first-order chi connectivity index (χ1) is 9.24. The highest BCUT2D eigenvalue weighted by Crippen LogP contribution is 2.24. The van der Waals surface area contributed by atoms with Crippen LogP contribution in [0.15, 0.2) is 18.2 Å². The van der Waals surface area contributed by atoms with Crippen molar-refractivity contribution in [2.24, 2.45) is 0 Å². The van der Waals surface area contributed by atoms with E-state index in [-0.39, 0.29) is 5.82 Å². The SMILES string of the molecule is CCCNCc1cccc(F)c1N(CC)CCOC. The molecule has 0 spiro atoms. The predicted molar refractivity (Wildman–Crippen MR) is 78.2 cm³/mol. The molecule has 0 bridgehead atoms. The standard InChI is InChI=1S/C15H25FN2O/c1-4-9-17-12-13-7-6-8-14(16)15(13)18(5-2)10-11-19-3/h6-8,17H,4-5,9-12H2,1-3H3. The Balaban J connectivity index is 2.88. The number of likely N-dealkylation sites (N-methyl/N-ethyl adjacent to an activating group) is 1. The van der Waals surface area contributed by atoms with Crippen LogP contribution in [-0.2, 0) is 11.3 Å². The first-order valence-electron chi connectivity index (χ1n) is 6.96. The normalized spacial score (nSPS) is 10.7. The monoisotopic (exact) mass is 268 g/mol. The van der Waals surface area contributed by atoms with Crippen molar-refractivity contribution in [2.75, 3.05) is 38.3 Å². The maximum absolute atomic E-state index is 14.1. The van der Waals surface area contributed by atoms with E-state index in [2.05, 4.69) is 12.2 Å². The lowest BCUT2D eigenvalue weighted by molar-refractivity contribution is 0.205. The van der Waals surface area contributed by atoms with Gasteiger partial charge in [0.15, 0.2) is 0 Å². The first kappa shape index (κ1) is 15.9. The van der Waals surface area contributed by atoms with Crippen LogP contribution in [-0.4, -0.2) is 33.4 Å². The third kappa shape index (κ3) is 4.80. The number of hydrogen-bond donors (Lipinski definition) is 1. The molecular weight excluding hydrogens is 243 g/mol. The average Bonchev–Trinajstić information content (AvgIpc) is 2.42. The van der Waals surface area contributed by atoms with Crippen LogP contribution in [0.25, 0.3) is 0 Å². The van der Waals surface area contributed by atoms with E-state index in [0.717, 1.165) is 25.1 Å². The van der Waals surface area contributed by atoms with Gasteiger partial charge in [0, 0.05) is 26.7 Å². The van der Waals surface area contributed by atoms with Gasteiger partial charge in [-0.3, -0.25) is 0 Å². The molecule has 0 saturated heterocycles. The summed E-state index contributed by atoms with van der Waals surface area (Å²) in [5.74, 6) is -0.159. The van der Waals surface area contributed by atoms with E-state index in [0.29, 0.717) is 25.4 Å². The molecule has 19 heavy (non-hydrogen) atoms. The quantitative estimate of drug-likeness (QED) is 0.697. The Morgan fingerprint density at radius 2 is 2.11 bits per heavy atom. The topological polar surface area (TPSA) is 24.5 Å². The smallest absolute Gasteiger partial charge is 0.146 e. The Morgan fingerprint density at radius 1 is 1.32 bits per heavy atom. The van der Waals surface area contributed by atoms with E-state index in [1.54, 1.807) is 13.2 Å². The summed E-state index contributed by atoms with van der Waals surface area (Å²) in [6, 6.07) is 5.27. The fraction of sp³-hybridized carbons (Fsp3) is 0.600. The van der Waals surface area contributed by atoms with Crippen LogP contribution in [0.3, 0.4) is 0 Å². The predicted octanol–water partition coefficient (Wildman–Crippen LogP) is 2.80. The fourth-order valence-corrected chi connectivity index (χ4v) is 2.09. The van der Waals surface area contributed by atoms with E-state index in [9.17, 15) is 4.39 Å². The first-order valence-corrected chi connectivity index (χ1v) is 6.96. The zero-order chi connectivity index (χ0) is 14.1. The maximum atomic E-state index is 14.1. The zero-order valence-corrected chi connectivity index (χ0v) is 12.2. The van der Waals surface area contributed by atoms with E-state index < -0.39 is 0 Å². The summed E-state index contributed by atoms with van der Waals surface area (Å²) >= 11 is 0. The van der Waals surface area contributed by atoms with Crippen molar-refractivity contribution < 1.29 is 9.13 Å². The number of benzene rings is 1. The number of methoxy groups -OCH3 is 1. The number of hydrogen-bond acceptors (Lipinski definition) is 3. The number of ether oxygens (including phenoxy) is 1. The second-order valence-corrected chi connectivity index (χ2v) is 4.50. The van der Waals surface area contributed by atoms with Crippen LogP contribution in [0, 0.1) is 5.82 Å². The molecule has 1 aromatic carbocycles. The minimum Gasteiger partial charge on any atom is -0.383 e. The van der Waals surface area contributed by atoms with Gasteiger partial charge in [0.1, 0.15) is 5.82 Å². The molecule has 0 heterocycles. The van der Waals surface area contributed by atoms with Gasteiger partial charge < -0.3 is 15.0 Å². The number of anilines is 1. The Morgan fingerprint density at radius 3 is 2.74 bits per heavy atom. The van der Waals surface area contributed by atoms with Crippen molar-refractivity contribution in [2.45, 2.75) is 26.8 Å². The number of rotatable bonds is 9. The molecule has 4 heteroatoms. The largest absolute Gasteiger partial charge is 0.383 e. The molecule has 0 aliphatic heterocycles. The Hall–Kier alpha value is -1.13. The van der Waals surface area contributed by atoms with Crippen molar-refractivity contribution in [3.05, 3.63) is 29.6 Å². The van der Waals surface area contributed by atoms with Crippen LogP contribution in [0.5, 0.6) is 0 Å². The van der Waals surface area contributed by atoms with Gasteiger partial charge in [-0.05, 0) is 31.5 Å². The molecule has 1 N–H and O–H groups in total. The van der Waals surface area contributed by atoms with Gasteiger partial charge in [0.2, 0.25) is 0 Å². The molecule has 0 unspecified atom stereocenters. The third-order valence-corrected chi connectivity index (χ3v) is 3.08. The lowest BCUT2D eigenvalue weighted by Crippen LogP contribution is -2.29. The van der Waals surface area contributed by atoms with Gasteiger partial charge in [0.05, 0.1) is 12.3 Å². The summed E-state index contributed by atoms with van der Waals surface area (Å²) in [4.78, 5) is 2.03. The van der Waals surface area contributed by atoms with Gasteiger partial charge in [-0.1, -0.05) is 19.1 Å². The van der Waals surface area contributed by atoms with Crippen LogP contribution < -0.4 is 10.2 Å². The second kappa shape index (κ2) is 8.88. The van der Waals surface area contributed by atoms with E-state index in [1.807, 2.05) is 17.9 Å². The number of halogens is 1. The van der Waals surface area contributed by atoms with E-state index in [4.69, 9.17) is 4.74 Å². The molecule has 1 aromatic rings.